The van der Waals surface area contributed by atoms with E-state index in [9.17, 15) is 18.4 Å². The molecule has 1 amide bonds. The Hall–Kier alpha value is -2.77. The molecule has 0 aliphatic carbocycles. The number of phenols is 1. The molecule has 0 radical (unpaired) electrons. The van der Waals surface area contributed by atoms with Crippen molar-refractivity contribution in [3.05, 3.63) is 47.3 Å². The molecular weight excluding hydrogens is 332 g/mol. The fraction of sp³-hybridized carbons (Fsp3) is 0.353. The van der Waals surface area contributed by atoms with Gasteiger partial charge in [-0.25, -0.2) is 8.78 Å². The summed E-state index contributed by atoms with van der Waals surface area (Å²) in [5, 5.41) is 13.1. The van der Waals surface area contributed by atoms with Gasteiger partial charge in [-0.1, -0.05) is 0 Å². The fourth-order valence-electron chi connectivity index (χ4n) is 3.07. The molecule has 1 aliphatic heterocycles. The molecule has 6 nitrogen and oxygen atoms in total. The number of ketones is 1. The van der Waals surface area contributed by atoms with Crippen molar-refractivity contribution < 1.29 is 23.5 Å². The number of benzene rings is 1. The van der Waals surface area contributed by atoms with Gasteiger partial charge in [0.1, 0.15) is 0 Å². The van der Waals surface area contributed by atoms with Crippen molar-refractivity contribution in [3.63, 3.8) is 0 Å². The Kier molecular flexibility index (Phi) is 4.52. The summed E-state index contributed by atoms with van der Waals surface area (Å²) in [5.74, 6) is -4.18. The van der Waals surface area contributed by atoms with Crippen LogP contribution < -0.4 is 0 Å². The van der Waals surface area contributed by atoms with Crippen LogP contribution in [0.1, 0.15) is 40.0 Å². The molecule has 1 N–H and O–H groups in total. The van der Waals surface area contributed by atoms with Crippen molar-refractivity contribution >= 4 is 11.7 Å². The highest BCUT2D eigenvalue weighted by Crippen LogP contribution is 2.27. The Labute approximate surface area is 142 Å². The zero-order valence-electron chi connectivity index (χ0n) is 13.6. The zero-order valence-corrected chi connectivity index (χ0v) is 13.6. The van der Waals surface area contributed by atoms with E-state index in [1.165, 1.54) is 15.8 Å². The summed E-state index contributed by atoms with van der Waals surface area (Å²) in [5.41, 5.74) is 0.275. The molecule has 1 aromatic carbocycles. The molecule has 1 atom stereocenters. The summed E-state index contributed by atoms with van der Waals surface area (Å²) in [6.45, 7) is 0.411. The zero-order chi connectivity index (χ0) is 18.1. The monoisotopic (exact) mass is 349 g/mol. The molecular formula is C17H17F2N3O3. The molecule has 1 saturated heterocycles. The third-order valence-corrected chi connectivity index (χ3v) is 4.35. The van der Waals surface area contributed by atoms with Gasteiger partial charge >= 0.3 is 0 Å². The van der Waals surface area contributed by atoms with Gasteiger partial charge < -0.3 is 10.0 Å². The van der Waals surface area contributed by atoms with E-state index < -0.39 is 23.3 Å². The van der Waals surface area contributed by atoms with Gasteiger partial charge in [0.2, 0.25) is 0 Å². The number of hydrogen-bond acceptors (Lipinski definition) is 4. The topological polar surface area (TPSA) is 75.4 Å². The second-order valence-electron chi connectivity index (χ2n) is 6.11. The Balaban J connectivity index is 1.77. The summed E-state index contributed by atoms with van der Waals surface area (Å²) >= 11 is 0. The number of amides is 1. The predicted octanol–water partition coefficient (Wildman–Crippen LogP) is 2.28. The lowest BCUT2D eigenvalue weighted by Crippen LogP contribution is -2.37. The first-order valence-electron chi connectivity index (χ1n) is 7.87. The summed E-state index contributed by atoms with van der Waals surface area (Å²) in [7, 11) is 1.70. The van der Waals surface area contributed by atoms with Crippen LogP contribution in [0.3, 0.4) is 0 Å². The first-order valence-corrected chi connectivity index (χ1v) is 7.87. The molecule has 0 bridgehead atoms. The van der Waals surface area contributed by atoms with Crippen molar-refractivity contribution in [1.29, 1.82) is 0 Å². The van der Waals surface area contributed by atoms with Crippen LogP contribution in [0.2, 0.25) is 0 Å². The van der Waals surface area contributed by atoms with Crippen LogP contribution in [0.5, 0.6) is 5.75 Å². The summed E-state index contributed by atoms with van der Waals surface area (Å²) in [4.78, 5) is 26.4. The molecule has 2 heterocycles. The average molecular weight is 349 g/mol. The van der Waals surface area contributed by atoms with Crippen molar-refractivity contribution in [2.45, 2.75) is 25.3 Å². The Morgan fingerprint density at radius 3 is 2.56 bits per heavy atom. The second kappa shape index (κ2) is 6.62. The minimum atomic E-state index is -1.19. The average Bonchev–Trinajstić information content (AvgIpc) is 3.20. The molecule has 3 rings (SSSR count). The molecule has 25 heavy (non-hydrogen) atoms. The number of rotatable bonds is 4. The fourth-order valence-corrected chi connectivity index (χ4v) is 3.07. The second-order valence-corrected chi connectivity index (χ2v) is 6.11. The molecule has 0 saturated carbocycles. The first kappa shape index (κ1) is 17.1. The van der Waals surface area contributed by atoms with E-state index in [2.05, 4.69) is 5.10 Å². The normalized spacial score (nSPS) is 17.1. The maximum atomic E-state index is 13.5. The van der Waals surface area contributed by atoms with E-state index in [1.807, 2.05) is 0 Å². The highest BCUT2D eigenvalue weighted by Gasteiger charge is 2.32. The van der Waals surface area contributed by atoms with Crippen LogP contribution in [-0.2, 0) is 7.05 Å². The van der Waals surface area contributed by atoms with E-state index in [0.29, 0.717) is 24.9 Å². The number of likely N-dealkylation sites (tertiary alicyclic amines) is 1. The number of carbonyl (C=O) groups is 2. The van der Waals surface area contributed by atoms with Crippen molar-refractivity contribution in [2.75, 3.05) is 6.54 Å². The van der Waals surface area contributed by atoms with Crippen LogP contribution in [0.15, 0.2) is 24.5 Å². The number of aromatic nitrogens is 2. The van der Waals surface area contributed by atoms with Gasteiger partial charge in [0, 0.05) is 37.8 Å². The number of halogens is 2. The number of carbonyl (C=O) groups excluding carboxylic acids is 2. The quantitative estimate of drug-likeness (QED) is 0.860. The van der Waals surface area contributed by atoms with Gasteiger partial charge in [0.05, 0.1) is 11.8 Å². The first-order chi connectivity index (χ1) is 11.9. The van der Waals surface area contributed by atoms with E-state index in [1.54, 1.807) is 13.2 Å². The van der Waals surface area contributed by atoms with Crippen molar-refractivity contribution in [2.24, 2.45) is 7.05 Å². The van der Waals surface area contributed by atoms with Gasteiger partial charge in [0.25, 0.3) is 5.91 Å². The summed E-state index contributed by atoms with van der Waals surface area (Å²) in [6, 6.07) is 1.28. The summed E-state index contributed by atoms with van der Waals surface area (Å²) < 4.78 is 28.5. The maximum absolute atomic E-state index is 13.5. The maximum Gasteiger partial charge on any atom is 0.254 e. The minimum Gasteiger partial charge on any atom is -0.503 e. The van der Waals surface area contributed by atoms with Gasteiger partial charge in [0.15, 0.2) is 23.2 Å². The molecule has 1 fully saturated rings. The van der Waals surface area contributed by atoms with Crippen LogP contribution in [0.25, 0.3) is 0 Å². The van der Waals surface area contributed by atoms with Crippen LogP contribution in [-0.4, -0.2) is 44.1 Å². The van der Waals surface area contributed by atoms with Crippen LogP contribution in [0, 0.1) is 11.6 Å². The van der Waals surface area contributed by atoms with Crippen LogP contribution >= 0.6 is 0 Å². The number of aromatic hydroxyl groups is 1. The molecule has 0 spiro atoms. The van der Waals surface area contributed by atoms with E-state index in [4.69, 9.17) is 5.11 Å². The predicted molar refractivity (Wildman–Crippen MR) is 84.2 cm³/mol. The van der Waals surface area contributed by atoms with E-state index >= 15 is 0 Å². The lowest BCUT2D eigenvalue weighted by molar-refractivity contribution is 0.0716. The van der Waals surface area contributed by atoms with Gasteiger partial charge in [-0.3, -0.25) is 14.3 Å². The van der Waals surface area contributed by atoms with Crippen molar-refractivity contribution in [3.8, 4) is 5.75 Å². The highest BCUT2D eigenvalue weighted by atomic mass is 19.1. The minimum absolute atomic E-state index is 0.125. The van der Waals surface area contributed by atoms with Gasteiger partial charge in [-0.15, -0.1) is 0 Å². The molecule has 2 aromatic rings. The number of nitrogens with zero attached hydrogens (tertiary/aromatic N) is 3. The number of phenolic OH excluding ortho intramolecular Hbond substituents is 1. The third kappa shape index (κ3) is 3.38. The standard InChI is InChI=1S/C17H17F2N3O3/c1-21-9-11(8-20-21)15(23)7-12-3-2-4-22(12)17(25)10-5-13(18)16(24)14(19)6-10/h5-6,8-9,12,24H,2-4,7H2,1H3/t12-/m0/s1. The largest absolute Gasteiger partial charge is 0.503 e. The van der Waals surface area contributed by atoms with E-state index in [0.717, 1.165) is 12.1 Å². The molecule has 8 heteroatoms. The Morgan fingerprint density at radius 2 is 1.96 bits per heavy atom. The number of Topliss-reactive ketones (excluding diaryl/α,β-unsaturated/α-hetero) is 1. The molecule has 132 valence electrons. The Bertz CT molecular complexity index is 811. The van der Waals surface area contributed by atoms with Crippen molar-refractivity contribution in [1.82, 2.24) is 14.7 Å². The smallest absolute Gasteiger partial charge is 0.254 e. The lowest BCUT2D eigenvalue weighted by Gasteiger charge is -2.24. The highest BCUT2D eigenvalue weighted by molar-refractivity contribution is 5.98. The summed E-state index contributed by atoms with van der Waals surface area (Å²) in [6.07, 6.45) is 4.55. The van der Waals surface area contributed by atoms with Gasteiger partial charge in [-0.2, -0.15) is 5.10 Å². The molecule has 0 unspecified atom stereocenters. The Morgan fingerprint density at radius 1 is 1.28 bits per heavy atom. The van der Waals surface area contributed by atoms with Crippen LogP contribution in [0.4, 0.5) is 8.78 Å². The van der Waals surface area contributed by atoms with Gasteiger partial charge in [-0.05, 0) is 25.0 Å². The molecule has 1 aliphatic rings. The number of hydrogen-bond donors (Lipinski definition) is 1. The SMILES string of the molecule is Cn1cc(C(=O)C[C@@H]2CCCN2C(=O)c2cc(F)c(O)c(F)c2)cn1. The lowest BCUT2D eigenvalue weighted by atomic mass is 10.0. The number of aryl methyl sites for hydroxylation is 1. The van der Waals surface area contributed by atoms with E-state index in [-0.39, 0.29) is 23.8 Å². The third-order valence-electron chi connectivity index (χ3n) is 4.35. The molecule has 1 aromatic heterocycles.